The van der Waals surface area contributed by atoms with Gasteiger partial charge in [-0.1, -0.05) is 13.8 Å². The molecule has 0 aromatic heterocycles. The van der Waals surface area contributed by atoms with Gasteiger partial charge in [0.15, 0.2) is 0 Å². The van der Waals surface area contributed by atoms with Crippen molar-refractivity contribution in [1.82, 2.24) is 0 Å². The van der Waals surface area contributed by atoms with Crippen LogP contribution in [0, 0.1) is 0 Å². The maximum atomic E-state index is 10.7. The van der Waals surface area contributed by atoms with Gasteiger partial charge in [0.05, 0.1) is 7.11 Å². The Morgan fingerprint density at radius 2 is 1.67 bits per heavy atom. The van der Waals surface area contributed by atoms with Crippen LogP contribution in [0.25, 0.3) is 0 Å². The molecule has 0 aliphatic heterocycles. The van der Waals surface area contributed by atoms with E-state index in [4.69, 9.17) is 0 Å². The molecule has 0 amide bonds. The van der Waals surface area contributed by atoms with Crippen LogP contribution >= 0.6 is 0 Å². The zero-order chi connectivity index (χ0) is 10.1. The molecular formula is C9H16O3. The number of rotatable bonds is 2. The maximum absolute atomic E-state index is 10.7. The van der Waals surface area contributed by atoms with E-state index in [-0.39, 0.29) is 0 Å². The molecule has 0 unspecified atom stereocenters. The lowest BCUT2D eigenvalue weighted by Crippen LogP contribution is -2.04. The van der Waals surface area contributed by atoms with E-state index in [1.54, 1.807) is 13.8 Å². The minimum atomic E-state index is -0.454. The molecule has 0 aromatic rings. The van der Waals surface area contributed by atoms with Crippen molar-refractivity contribution < 1.29 is 14.3 Å². The van der Waals surface area contributed by atoms with Crippen LogP contribution < -0.4 is 0 Å². The average Bonchev–Trinajstić information content (AvgIpc) is 2.17. The van der Waals surface area contributed by atoms with E-state index in [1.807, 2.05) is 13.8 Å². The van der Waals surface area contributed by atoms with Crippen LogP contribution in [0.2, 0.25) is 0 Å². The summed E-state index contributed by atoms with van der Waals surface area (Å²) in [7, 11) is 1.28. The molecule has 0 heterocycles. The summed E-state index contributed by atoms with van der Waals surface area (Å²) in [5, 5.41) is 0. The lowest BCUT2D eigenvalue weighted by atomic mass is 10.2. The summed E-state index contributed by atoms with van der Waals surface area (Å²) < 4.78 is 4.38. The topological polar surface area (TPSA) is 43.4 Å². The Morgan fingerprint density at radius 1 is 1.25 bits per heavy atom. The second-order valence-electron chi connectivity index (χ2n) is 1.92. The van der Waals surface area contributed by atoms with Gasteiger partial charge < -0.3 is 4.74 Å². The Balaban J connectivity index is 0. The molecule has 0 saturated heterocycles. The zero-order valence-corrected chi connectivity index (χ0v) is 8.30. The van der Waals surface area contributed by atoms with Gasteiger partial charge in [-0.05, 0) is 19.4 Å². The van der Waals surface area contributed by atoms with Gasteiger partial charge >= 0.3 is 5.97 Å². The highest BCUT2D eigenvalue weighted by Crippen LogP contribution is 2.01. The lowest BCUT2D eigenvalue weighted by molar-refractivity contribution is -0.136. The third-order valence-corrected chi connectivity index (χ3v) is 1.26. The highest BCUT2D eigenvalue weighted by Gasteiger charge is 2.05. The van der Waals surface area contributed by atoms with Crippen molar-refractivity contribution in [2.24, 2.45) is 0 Å². The minimum absolute atomic E-state index is 0.359. The first-order chi connectivity index (χ1) is 5.63. The van der Waals surface area contributed by atoms with E-state index in [0.717, 1.165) is 0 Å². The molecule has 0 rings (SSSR count). The molecule has 3 heteroatoms. The number of ether oxygens (including phenoxy) is 1. The monoisotopic (exact) mass is 172 g/mol. The van der Waals surface area contributed by atoms with E-state index < -0.39 is 5.97 Å². The standard InChI is InChI=1S/C7H10O3.C2H6/c1-5(4-8)6(2)7(9)10-3;1-2/h4H,1-3H3;1-2H3/b6-5-;. The first-order valence-electron chi connectivity index (χ1n) is 3.84. The van der Waals surface area contributed by atoms with Crippen molar-refractivity contribution in [2.45, 2.75) is 27.7 Å². The van der Waals surface area contributed by atoms with E-state index in [2.05, 4.69) is 4.74 Å². The number of esters is 1. The number of allylic oxidation sites excluding steroid dienone is 1. The van der Waals surface area contributed by atoms with Crippen molar-refractivity contribution in [3.8, 4) is 0 Å². The summed E-state index contributed by atoms with van der Waals surface area (Å²) >= 11 is 0. The summed E-state index contributed by atoms with van der Waals surface area (Å²) in [5.74, 6) is -0.454. The SMILES string of the molecule is CC.COC(=O)/C(C)=C(/C)C=O. The molecule has 0 aromatic carbocycles. The molecular weight excluding hydrogens is 156 g/mol. The van der Waals surface area contributed by atoms with E-state index in [1.165, 1.54) is 7.11 Å². The van der Waals surface area contributed by atoms with Crippen LogP contribution in [0.5, 0.6) is 0 Å². The van der Waals surface area contributed by atoms with Gasteiger partial charge in [-0.25, -0.2) is 4.79 Å². The Hall–Kier alpha value is -1.12. The van der Waals surface area contributed by atoms with Crippen molar-refractivity contribution >= 4 is 12.3 Å². The third-order valence-electron chi connectivity index (χ3n) is 1.26. The fourth-order valence-corrected chi connectivity index (χ4v) is 0.402. The van der Waals surface area contributed by atoms with Crippen LogP contribution in [-0.4, -0.2) is 19.4 Å². The van der Waals surface area contributed by atoms with Crippen molar-refractivity contribution in [3.05, 3.63) is 11.1 Å². The number of aldehydes is 1. The number of hydrogen-bond donors (Lipinski definition) is 0. The fraction of sp³-hybridized carbons (Fsp3) is 0.556. The molecule has 3 nitrogen and oxygen atoms in total. The van der Waals surface area contributed by atoms with Crippen LogP contribution in [-0.2, 0) is 14.3 Å². The fourth-order valence-electron chi connectivity index (χ4n) is 0.402. The van der Waals surface area contributed by atoms with Gasteiger partial charge in [0.2, 0.25) is 0 Å². The third kappa shape index (κ3) is 4.66. The normalized spacial score (nSPS) is 10.4. The first kappa shape index (κ1) is 13.5. The molecule has 70 valence electrons. The number of methoxy groups -OCH3 is 1. The van der Waals surface area contributed by atoms with Gasteiger partial charge in [-0.3, -0.25) is 4.79 Å². The lowest BCUT2D eigenvalue weighted by Gasteiger charge is -1.98. The molecule has 0 N–H and O–H groups in total. The van der Waals surface area contributed by atoms with E-state index >= 15 is 0 Å². The molecule has 0 spiro atoms. The zero-order valence-electron chi connectivity index (χ0n) is 8.30. The summed E-state index contributed by atoms with van der Waals surface area (Å²) in [5.41, 5.74) is 0.768. The summed E-state index contributed by atoms with van der Waals surface area (Å²) in [6.07, 6.45) is 0.631. The number of carbonyl (C=O) groups excluding carboxylic acids is 2. The summed E-state index contributed by atoms with van der Waals surface area (Å²) in [4.78, 5) is 20.8. The molecule has 0 aliphatic carbocycles. The number of carbonyl (C=O) groups is 2. The van der Waals surface area contributed by atoms with Crippen LogP contribution in [0.15, 0.2) is 11.1 Å². The van der Waals surface area contributed by atoms with Crippen molar-refractivity contribution in [1.29, 1.82) is 0 Å². The Labute approximate surface area is 73.4 Å². The highest BCUT2D eigenvalue weighted by atomic mass is 16.5. The largest absolute Gasteiger partial charge is 0.466 e. The van der Waals surface area contributed by atoms with Crippen molar-refractivity contribution in [3.63, 3.8) is 0 Å². The molecule has 0 bridgehead atoms. The second-order valence-corrected chi connectivity index (χ2v) is 1.92. The van der Waals surface area contributed by atoms with Gasteiger partial charge in [0.1, 0.15) is 6.29 Å². The van der Waals surface area contributed by atoms with E-state index in [0.29, 0.717) is 17.4 Å². The van der Waals surface area contributed by atoms with Gasteiger partial charge in [0.25, 0.3) is 0 Å². The molecule has 0 saturated carbocycles. The van der Waals surface area contributed by atoms with Crippen LogP contribution in [0.4, 0.5) is 0 Å². The van der Waals surface area contributed by atoms with Gasteiger partial charge in [0, 0.05) is 5.57 Å². The highest BCUT2D eigenvalue weighted by molar-refractivity contribution is 5.94. The maximum Gasteiger partial charge on any atom is 0.333 e. The second kappa shape index (κ2) is 7.98. The van der Waals surface area contributed by atoms with Crippen LogP contribution in [0.3, 0.4) is 0 Å². The predicted molar refractivity (Wildman–Crippen MR) is 47.8 cm³/mol. The molecule has 0 radical (unpaired) electrons. The molecule has 12 heavy (non-hydrogen) atoms. The predicted octanol–water partition coefficient (Wildman–Crippen LogP) is 1.72. The average molecular weight is 172 g/mol. The number of hydrogen-bond acceptors (Lipinski definition) is 3. The Morgan fingerprint density at radius 3 is 1.92 bits per heavy atom. The van der Waals surface area contributed by atoms with E-state index in [9.17, 15) is 9.59 Å². The minimum Gasteiger partial charge on any atom is -0.466 e. The van der Waals surface area contributed by atoms with Crippen molar-refractivity contribution in [2.75, 3.05) is 7.11 Å². The summed E-state index contributed by atoms with van der Waals surface area (Å²) in [6, 6.07) is 0. The molecule has 0 fully saturated rings. The molecule has 0 atom stereocenters. The Bertz CT molecular complexity index is 180. The first-order valence-corrected chi connectivity index (χ1v) is 3.84. The Kier molecular flexibility index (Phi) is 8.96. The smallest absolute Gasteiger partial charge is 0.333 e. The quantitative estimate of drug-likeness (QED) is 0.362. The van der Waals surface area contributed by atoms with Gasteiger partial charge in [-0.15, -0.1) is 0 Å². The summed E-state index contributed by atoms with van der Waals surface area (Å²) in [6.45, 7) is 7.12. The van der Waals surface area contributed by atoms with Gasteiger partial charge in [-0.2, -0.15) is 0 Å². The molecule has 0 aliphatic rings. The van der Waals surface area contributed by atoms with Crippen LogP contribution in [0.1, 0.15) is 27.7 Å².